The molecule has 4 rings (SSSR count). The third-order valence-corrected chi connectivity index (χ3v) is 5.36. The highest BCUT2D eigenvalue weighted by atomic mass is 19.1. The van der Waals surface area contributed by atoms with Gasteiger partial charge in [-0.25, -0.2) is 4.39 Å². The molecule has 0 saturated carbocycles. The van der Waals surface area contributed by atoms with Crippen LogP contribution in [0.1, 0.15) is 19.4 Å². The summed E-state index contributed by atoms with van der Waals surface area (Å²) in [5.74, 6) is -0.687. The molecule has 0 bridgehead atoms. The number of alkyl halides is 1. The first kappa shape index (κ1) is 18.9. The highest BCUT2D eigenvalue weighted by Gasteiger charge is 2.66. The van der Waals surface area contributed by atoms with Gasteiger partial charge in [-0.1, -0.05) is 30.3 Å². The van der Waals surface area contributed by atoms with E-state index < -0.39 is 29.5 Å². The first-order chi connectivity index (χ1) is 13.3. The predicted octanol–water partition coefficient (Wildman–Crippen LogP) is 3.51. The van der Waals surface area contributed by atoms with Gasteiger partial charge in [0.2, 0.25) is 5.67 Å². The fraction of sp³-hybridized carbons (Fsp3) is 0.409. The van der Waals surface area contributed by atoms with Gasteiger partial charge in [0.25, 0.3) is 5.91 Å². The summed E-state index contributed by atoms with van der Waals surface area (Å²) in [6.07, 6.45) is -0.548. The van der Waals surface area contributed by atoms with Gasteiger partial charge >= 0.3 is 0 Å². The Balaban J connectivity index is 1.67. The molecule has 28 heavy (non-hydrogen) atoms. The number of β-lactam (4-membered cyclic amide) rings is 1. The number of anilines is 1. The van der Waals surface area contributed by atoms with E-state index in [1.54, 1.807) is 45.2 Å². The molecule has 1 amide bonds. The summed E-state index contributed by atoms with van der Waals surface area (Å²) in [5, 5.41) is 0. The van der Waals surface area contributed by atoms with Crippen molar-refractivity contribution >= 4 is 11.6 Å². The SMILES string of the molecule is COc1ccc(N2C(=O)[C@@](F)(Cc3ccccc3)[C@@H]2[C@H]2COC(C)(C)O2)cc1. The lowest BCUT2D eigenvalue weighted by atomic mass is 9.76. The van der Waals surface area contributed by atoms with E-state index in [2.05, 4.69) is 0 Å². The normalized spacial score (nSPS) is 28.9. The maximum atomic E-state index is 16.1. The van der Waals surface area contributed by atoms with E-state index in [1.165, 1.54) is 4.90 Å². The van der Waals surface area contributed by atoms with Crippen LogP contribution in [0, 0.1) is 0 Å². The summed E-state index contributed by atoms with van der Waals surface area (Å²) >= 11 is 0. The predicted molar refractivity (Wildman–Crippen MR) is 103 cm³/mol. The molecule has 148 valence electrons. The Bertz CT molecular complexity index is 855. The van der Waals surface area contributed by atoms with Gasteiger partial charge < -0.3 is 14.2 Å². The van der Waals surface area contributed by atoms with Gasteiger partial charge in [0.05, 0.1) is 13.7 Å². The zero-order valence-corrected chi connectivity index (χ0v) is 16.2. The highest BCUT2D eigenvalue weighted by molar-refractivity contribution is 6.08. The van der Waals surface area contributed by atoms with Crippen LogP contribution in [0.25, 0.3) is 0 Å². The molecular weight excluding hydrogens is 361 g/mol. The van der Waals surface area contributed by atoms with Crippen molar-refractivity contribution < 1.29 is 23.4 Å². The highest BCUT2D eigenvalue weighted by Crippen LogP contribution is 2.45. The van der Waals surface area contributed by atoms with Crippen LogP contribution in [-0.2, 0) is 20.7 Å². The van der Waals surface area contributed by atoms with Crippen molar-refractivity contribution in [3.8, 4) is 5.75 Å². The van der Waals surface area contributed by atoms with Crippen LogP contribution >= 0.6 is 0 Å². The zero-order chi connectivity index (χ0) is 19.9. The molecule has 2 fully saturated rings. The van der Waals surface area contributed by atoms with E-state index in [4.69, 9.17) is 14.2 Å². The molecule has 2 aliphatic heterocycles. The van der Waals surface area contributed by atoms with Crippen LogP contribution in [0.2, 0.25) is 0 Å². The molecule has 0 aromatic heterocycles. The number of nitrogens with zero attached hydrogens (tertiary/aromatic N) is 1. The number of hydrogen-bond donors (Lipinski definition) is 0. The number of halogens is 1. The van der Waals surface area contributed by atoms with Gasteiger partial charge in [0.15, 0.2) is 5.79 Å². The number of methoxy groups -OCH3 is 1. The largest absolute Gasteiger partial charge is 0.497 e. The van der Waals surface area contributed by atoms with E-state index in [0.29, 0.717) is 11.4 Å². The first-order valence-electron chi connectivity index (χ1n) is 9.36. The Morgan fingerprint density at radius 2 is 1.82 bits per heavy atom. The zero-order valence-electron chi connectivity index (χ0n) is 16.2. The number of rotatable bonds is 5. The Labute approximate surface area is 164 Å². The van der Waals surface area contributed by atoms with Crippen LogP contribution < -0.4 is 9.64 Å². The van der Waals surface area contributed by atoms with Crippen molar-refractivity contribution in [3.63, 3.8) is 0 Å². The topological polar surface area (TPSA) is 48.0 Å². The van der Waals surface area contributed by atoms with Crippen LogP contribution in [0.4, 0.5) is 10.1 Å². The summed E-state index contributed by atoms with van der Waals surface area (Å²) in [6.45, 7) is 3.82. The summed E-state index contributed by atoms with van der Waals surface area (Å²) in [4.78, 5) is 14.5. The van der Waals surface area contributed by atoms with Gasteiger partial charge in [-0.3, -0.25) is 9.69 Å². The molecule has 2 saturated heterocycles. The third kappa shape index (κ3) is 3.16. The number of carbonyl (C=O) groups excluding carboxylic acids is 1. The van der Waals surface area contributed by atoms with Crippen LogP contribution in [0.3, 0.4) is 0 Å². The molecule has 0 N–H and O–H groups in total. The van der Waals surface area contributed by atoms with Crippen molar-refractivity contribution in [1.82, 2.24) is 0 Å². The third-order valence-electron chi connectivity index (χ3n) is 5.36. The second-order valence-corrected chi connectivity index (χ2v) is 7.71. The number of ether oxygens (including phenoxy) is 3. The second-order valence-electron chi connectivity index (χ2n) is 7.71. The molecule has 2 aliphatic rings. The molecule has 5 nitrogen and oxygen atoms in total. The summed E-state index contributed by atoms with van der Waals surface area (Å²) in [6, 6.07) is 15.5. The maximum Gasteiger partial charge on any atom is 0.267 e. The minimum atomic E-state index is -2.05. The number of carbonyl (C=O) groups is 1. The van der Waals surface area contributed by atoms with Gasteiger partial charge in [0.1, 0.15) is 17.9 Å². The van der Waals surface area contributed by atoms with Crippen molar-refractivity contribution in [3.05, 3.63) is 60.2 Å². The Morgan fingerprint density at radius 3 is 2.39 bits per heavy atom. The lowest BCUT2D eigenvalue weighted by Gasteiger charge is -2.53. The minimum absolute atomic E-state index is 0.00425. The van der Waals surface area contributed by atoms with Crippen molar-refractivity contribution in [2.24, 2.45) is 0 Å². The molecule has 0 radical (unpaired) electrons. The first-order valence-corrected chi connectivity index (χ1v) is 9.36. The van der Waals surface area contributed by atoms with Crippen molar-refractivity contribution in [2.45, 2.75) is 43.9 Å². The molecule has 2 aromatic carbocycles. The Morgan fingerprint density at radius 1 is 1.14 bits per heavy atom. The average Bonchev–Trinajstić information content (AvgIpc) is 3.05. The quantitative estimate of drug-likeness (QED) is 0.739. The number of amides is 1. The molecule has 3 atom stereocenters. The monoisotopic (exact) mass is 385 g/mol. The van der Waals surface area contributed by atoms with Gasteiger partial charge in [0, 0.05) is 12.1 Å². The Hall–Kier alpha value is -2.44. The summed E-state index contributed by atoms with van der Waals surface area (Å²) in [5.41, 5.74) is -0.656. The molecule has 0 spiro atoms. The number of hydrogen-bond acceptors (Lipinski definition) is 4. The Kier molecular flexibility index (Phi) is 4.63. The smallest absolute Gasteiger partial charge is 0.267 e. The lowest BCUT2D eigenvalue weighted by molar-refractivity contribution is -0.164. The fourth-order valence-corrected chi connectivity index (χ4v) is 4.02. The van der Waals surface area contributed by atoms with E-state index >= 15 is 4.39 Å². The van der Waals surface area contributed by atoms with Gasteiger partial charge in [-0.05, 0) is 43.7 Å². The molecule has 2 heterocycles. The fourth-order valence-electron chi connectivity index (χ4n) is 4.02. The van der Waals surface area contributed by atoms with Crippen LogP contribution in [-0.4, -0.2) is 43.2 Å². The van der Waals surface area contributed by atoms with E-state index in [0.717, 1.165) is 5.56 Å². The maximum absolute atomic E-state index is 16.1. The molecule has 6 heteroatoms. The van der Waals surface area contributed by atoms with E-state index in [-0.39, 0.29) is 13.0 Å². The molecule has 2 aromatic rings. The van der Waals surface area contributed by atoms with Crippen molar-refractivity contribution in [1.29, 1.82) is 0 Å². The molecular formula is C22H24FNO4. The van der Waals surface area contributed by atoms with Crippen LogP contribution in [0.5, 0.6) is 5.75 Å². The van der Waals surface area contributed by atoms with Gasteiger partial charge in [-0.2, -0.15) is 0 Å². The summed E-state index contributed by atoms with van der Waals surface area (Å²) < 4.78 is 32.9. The standard InChI is InChI=1S/C22H24FNO4/c1-21(2)27-14-18(28-21)19-22(23,13-15-7-5-4-6-8-15)20(25)24(19)16-9-11-17(26-3)12-10-16/h4-12,18-19H,13-14H2,1-3H3/t18-,19+,22-/m1/s1. The van der Waals surface area contributed by atoms with Gasteiger partial charge in [-0.15, -0.1) is 0 Å². The second kappa shape index (κ2) is 6.87. The van der Waals surface area contributed by atoms with E-state index in [1.807, 2.05) is 30.3 Å². The number of benzene rings is 2. The van der Waals surface area contributed by atoms with Crippen LogP contribution in [0.15, 0.2) is 54.6 Å². The van der Waals surface area contributed by atoms with E-state index in [9.17, 15) is 4.79 Å². The lowest BCUT2D eigenvalue weighted by Crippen LogP contribution is -2.77. The molecule has 0 aliphatic carbocycles. The van der Waals surface area contributed by atoms with Crippen molar-refractivity contribution in [2.75, 3.05) is 18.6 Å². The minimum Gasteiger partial charge on any atom is -0.497 e. The average molecular weight is 385 g/mol. The summed E-state index contributed by atoms with van der Waals surface area (Å²) in [7, 11) is 1.57. The molecule has 0 unspecified atom stereocenters.